The van der Waals surface area contributed by atoms with Gasteiger partial charge in [0.25, 0.3) is 0 Å². The van der Waals surface area contributed by atoms with Crippen LogP contribution in [0.3, 0.4) is 0 Å². The molecule has 0 radical (unpaired) electrons. The van der Waals surface area contributed by atoms with Crippen molar-refractivity contribution in [3.05, 3.63) is 0 Å². The van der Waals surface area contributed by atoms with Crippen LogP contribution in [-0.4, -0.2) is 29.2 Å². The lowest BCUT2D eigenvalue weighted by atomic mass is 10.1. The van der Waals surface area contributed by atoms with Gasteiger partial charge in [0, 0.05) is 5.25 Å². The van der Waals surface area contributed by atoms with Crippen molar-refractivity contribution in [1.82, 2.24) is 0 Å². The molecule has 0 saturated carbocycles. The predicted molar refractivity (Wildman–Crippen MR) is 98.4 cm³/mol. The summed E-state index contributed by atoms with van der Waals surface area (Å²) in [6.45, 7) is 14.9. The summed E-state index contributed by atoms with van der Waals surface area (Å²) < 4.78 is 12.3. The Hall–Kier alpha value is 0.880. The first-order valence-electron chi connectivity index (χ1n) is 7.84. The van der Waals surface area contributed by atoms with Crippen molar-refractivity contribution in [1.29, 1.82) is 0 Å². The van der Waals surface area contributed by atoms with E-state index in [2.05, 4.69) is 41.5 Å². The molecule has 0 aromatic heterocycles. The number of hydrogen-bond acceptors (Lipinski definition) is 5. The van der Waals surface area contributed by atoms with E-state index in [0.717, 1.165) is 12.8 Å². The van der Waals surface area contributed by atoms with Crippen LogP contribution >= 0.6 is 17.1 Å². The molecule has 3 nitrogen and oxygen atoms in total. The Morgan fingerprint density at radius 2 is 1.29 bits per heavy atom. The second-order valence-electron chi connectivity index (χ2n) is 6.64. The fourth-order valence-corrected chi connectivity index (χ4v) is 8.80. The summed E-state index contributed by atoms with van der Waals surface area (Å²) in [5, 5.41) is 9.33. The lowest BCUT2D eigenvalue weighted by Crippen LogP contribution is -2.16. The fraction of sp³-hybridized carbons (Fsp3) is 1.00. The smallest absolute Gasteiger partial charge is 0.248 e. The highest BCUT2D eigenvalue weighted by Crippen LogP contribution is 2.64. The Kier molecular flexibility index (Phi) is 11.1. The highest BCUT2D eigenvalue weighted by atomic mass is 32.9. The zero-order chi connectivity index (χ0) is 16.6. The molecule has 1 N–H and O–H groups in total. The van der Waals surface area contributed by atoms with Crippen molar-refractivity contribution in [3.8, 4) is 0 Å². The molecule has 0 spiro atoms. The van der Waals surface area contributed by atoms with Crippen molar-refractivity contribution in [3.63, 3.8) is 0 Å². The van der Waals surface area contributed by atoms with Crippen molar-refractivity contribution < 1.29 is 14.2 Å². The number of aliphatic hydroxyl groups excluding tert-OH is 1. The molecule has 3 unspecified atom stereocenters. The zero-order valence-corrected chi connectivity index (χ0v) is 17.1. The molecular formula is C15H33O3PS2. The lowest BCUT2D eigenvalue weighted by molar-refractivity contribution is 0.143. The fourth-order valence-electron chi connectivity index (χ4n) is 2.18. The first-order valence-corrected chi connectivity index (χ1v) is 12.0. The maximum atomic E-state index is 9.30. The maximum absolute atomic E-state index is 9.30. The molecule has 0 saturated heterocycles. The third-order valence-corrected chi connectivity index (χ3v) is 8.46. The van der Waals surface area contributed by atoms with Gasteiger partial charge in [0.15, 0.2) is 0 Å². The Labute approximate surface area is 140 Å². The van der Waals surface area contributed by atoms with E-state index in [9.17, 15) is 5.11 Å². The minimum absolute atomic E-state index is 0.0355. The molecule has 0 fully saturated rings. The van der Waals surface area contributed by atoms with Gasteiger partial charge in [0.05, 0.1) is 18.8 Å². The summed E-state index contributed by atoms with van der Waals surface area (Å²) in [5.41, 5.74) is -2.43. The molecule has 0 aromatic rings. The summed E-state index contributed by atoms with van der Waals surface area (Å²) in [5.74, 6) is 1.13. The topological polar surface area (TPSA) is 38.7 Å². The van der Waals surface area contributed by atoms with Crippen LogP contribution in [-0.2, 0) is 20.9 Å². The molecule has 0 amide bonds. The van der Waals surface area contributed by atoms with Crippen molar-refractivity contribution in [2.24, 2.45) is 11.8 Å². The molecule has 0 aliphatic carbocycles. The van der Waals surface area contributed by atoms with Crippen LogP contribution in [0.25, 0.3) is 0 Å². The van der Waals surface area contributed by atoms with Gasteiger partial charge in [0.1, 0.15) is 0 Å². The molecule has 3 atom stereocenters. The van der Waals surface area contributed by atoms with Gasteiger partial charge in [-0.25, -0.2) is 0 Å². The molecule has 21 heavy (non-hydrogen) atoms. The van der Waals surface area contributed by atoms with E-state index in [1.807, 2.05) is 6.92 Å². The van der Waals surface area contributed by atoms with Gasteiger partial charge in [-0.3, -0.25) is 0 Å². The van der Waals surface area contributed by atoms with Gasteiger partial charge in [-0.05, 0) is 50.3 Å². The van der Waals surface area contributed by atoms with Crippen LogP contribution in [0.2, 0.25) is 0 Å². The minimum Gasteiger partial charge on any atom is -0.395 e. The first-order chi connectivity index (χ1) is 9.58. The Bertz CT molecular complexity index is 302. The second-order valence-corrected chi connectivity index (χ2v) is 13.2. The molecule has 0 heterocycles. The quantitative estimate of drug-likeness (QED) is 0.513. The first kappa shape index (κ1) is 21.9. The molecule has 0 aliphatic heterocycles. The summed E-state index contributed by atoms with van der Waals surface area (Å²) in [4.78, 5) is 0. The third-order valence-electron chi connectivity index (χ3n) is 2.79. The zero-order valence-electron chi connectivity index (χ0n) is 14.5. The van der Waals surface area contributed by atoms with Gasteiger partial charge >= 0.3 is 0 Å². The van der Waals surface area contributed by atoms with Crippen LogP contribution in [0.15, 0.2) is 0 Å². The highest BCUT2D eigenvalue weighted by molar-refractivity contribution is 8.68. The van der Waals surface area contributed by atoms with Crippen molar-refractivity contribution in [2.75, 3.05) is 6.61 Å². The van der Waals surface area contributed by atoms with E-state index in [1.165, 1.54) is 11.4 Å². The van der Waals surface area contributed by atoms with Gasteiger partial charge in [0.2, 0.25) is 5.69 Å². The van der Waals surface area contributed by atoms with Crippen LogP contribution in [0, 0.1) is 11.8 Å². The van der Waals surface area contributed by atoms with Crippen LogP contribution in [0.5, 0.6) is 0 Å². The Morgan fingerprint density at radius 1 is 0.905 bits per heavy atom. The van der Waals surface area contributed by atoms with E-state index in [4.69, 9.17) is 20.9 Å². The molecule has 0 bridgehead atoms. The van der Waals surface area contributed by atoms with E-state index in [1.54, 1.807) is 0 Å². The van der Waals surface area contributed by atoms with Gasteiger partial charge in [-0.15, -0.1) is 0 Å². The second kappa shape index (κ2) is 10.6. The summed E-state index contributed by atoms with van der Waals surface area (Å²) in [6, 6.07) is 0. The Balaban J connectivity index is 4.79. The minimum atomic E-state index is -2.43. The number of hydrogen-bond donors (Lipinski definition) is 1. The molecule has 0 aromatic carbocycles. The summed E-state index contributed by atoms with van der Waals surface area (Å²) >= 11 is 7.21. The summed E-state index contributed by atoms with van der Waals surface area (Å²) in [6.07, 6.45) is 2.10. The van der Waals surface area contributed by atoms with E-state index < -0.39 is 5.69 Å². The molecule has 0 aliphatic rings. The molecule has 128 valence electrons. The largest absolute Gasteiger partial charge is 0.395 e. The van der Waals surface area contributed by atoms with Crippen LogP contribution in [0.1, 0.15) is 61.3 Å². The van der Waals surface area contributed by atoms with E-state index in [-0.39, 0.29) is 24.1 Å². The van der Waals surface area contributed by atoms with E-state index >= 15 is 0 Å². The SMILES string of the molecule is CC(C)CC(C)OP(=S)(OC(C)CC(C)C)SC(C)CO. The maximum Gasteiger partial charge on any atom is 0.248 e. The average Bonchev–Trinajstić information content (AvgIpc) is 2.24. The third kappa shape index (κ3) is 11.1. The van der Waals surface area contributed by atoms with Gasteiger partial charge in [-0.2, -0.15) is 0 Å². The summed E-state index contributed by atoms with van der Waals surface area (Å²) in [7, 11) is 0. The highest BCUT2D eigenvalue weighted by Gasteiger charge is 2.28. The monoisotopic (exact) mass is 356 g/mol. The Morgan fingerprint density at radius 3 is 1.57 bits per heavy atom. The molecular weight excluding hydrogens is 323 g/mol. The normalized spacial score (nSPS) is 19.5. The average molecular weight is 357 g/mol. The molecule has 6 heteroatoms. The number of aliphatic hydroxyl groups is 1. The standard InChI is InChI=1S/C15H33O3PS2/c1-11(2)8-13(5)17-19(20,21-15(7)10-16)18-14(6)9-12(3)4/h11-16H,8-10H2,1-7H3. The van der Waals surface area contributed by atoms with Crippen molar-refractivity contribution in [2.45, 2.75) is 78.8 Å². The van der Waals surface area contributed by atoms with Gasteiger partial charge in [-0.1, -0.05) is 46.0 Å². The van der Waals surface area contributed by atoms with Crippen LogP contribution in [0.4, 0.5) is 0 Å². The van der Waals surface area contributed by atoms with E-state index in [0.29, 0.717) is 11.8 Å². The van der Waals surface area contributed by atoms with Crippen LogP contribution < -0.4 is 0 Å². The van der Waals surface area contributed by atoms with Gasteiger partial charge < -0.3 is 14.2 Å². The molecule has 0 rings (SSSR count). The lowest BCUT2D eigenvalue weighted by Gasteiger charge is -2.30. The van der Waals surface area contributed by atoms with Crippen molar-refractivity contribution >= 4 is 28.9 Å². The predicted octanol–water partition coefficient (Wildman–Crippen LogP) is 5.23. The number of rotatable bonds is 11.